The van der Waals surface area contributed by atoms with Crippen LogP contribution in [0.15, 0.2) is 55.0 Å². The molecule has 1 aliphatic heterocycles. The molecule has 0 spiro atoms. The highest BCUT2D eigenvalue weighted by Gasteiger charge is 2.32. The molecule has 0 radical (unpaired) electrons. The molecule has 4 heterocycles. The highest BCUT2D eigenvalue weighted by molar-refractivity contribution is 6.04. The van der Waals surface area contributed by atoms with Crippen molar-refractivity contribution in [1.82, 2.24) is 24.3 Å². The Balaban J connectivity index is 1.47. The summed E-state index contributed by atoms with van der Waals surface area (Å²) in [6, 6.07) is 7.95. The standard InChI is InChI=1S/C29H25F3N6O2/c1-3-6-24(39)37-15-5-4-7-22(37)27-36-25(26-18(2)33-14-16-38(26)27)19-8-10-20(11-9-19)28(40)35-23-17-21(12-13-34-23)29(30,31)32/h8-14,16-17,22H,4-5,7,15H2,1-2H3,(H,34,35,40). The normalized spacial score (nSPS) is 15.4. The summed E-state index contributed by atoms with van der Waals surface area (Å²) in [5, 5.41) is 2.41. The van der Waals surface area contributed by atoms with Gasteiger partial charge in [0.1, 0.15) is 11.6 Å². The monoisotopic (exact) mass is 546 g/mol. The molecular formula is C29H25F3N6O2. The molecule has 204 valence electrons. The molecule has 1 N–H and O–H groups in total. The van der Waals surface area contributed by atoms with Gasteiger partial charge in [-0.05, 0) is 63.3 Å². The molecular weight excluding hydrogens is 521 g/mol. The largest absolute Gasteiger partial charge is 0.416 e. The fourth-order valence-corrected chi connectivity index (χ4v) is 4.92. The van der Waals surface area contributed by atoms with Crippen LogP contribution in [0.1, 0.15) is 59.7 Å². The van der Waals surface area contributed by atoms with Crippen molar-refractivity contribution >= 4 is 23.1 Å². The van der Waals surface area contributed by atoms with E-state index in [4.69, 9.17) is 4.98 Å². The van der Waals surface area contributed by atoms with E-state index in [1.54, 1.807) is 42.3 Å². The zero-order valence-corrected chi connectivity index (χ0v) is 21.8. The van der Waals surface area contributed by atoms with E-state index in [9.17, 15) is 22.8 Å². The molecule has 2 amide bonds. The van der Waals surface area contributed by atoms with Crippen LogP contribution in [0.25, 0.3) is 16.8 Å². The Morgan fingerprint density at radius 3 is 2.58 bits per heavy atom. The number of halogens is 3. The number of anilines is 1. The number of rotatable bonds is 4. The van der Waals surface area contributed by atoms with Crippen molar-refractivity contribution < 1.29 is 22.8 Å². The molecule has 40 heavy (non-hydrogen) atoms. The average molecular weight is 547 g/mol. The molecule has 0 aliphatic carbocycles. The number of benzene rings is 1. The molecule has 1 fully saturated rings. The predicted molar refractivity (Wildman–Crippen MR) is 142 cm³/mol. The Hall–Kier alpha value is -4.72. The number of carbonyl (C=O) groups excluding carboxylic acids is 2. The quantitative estimate of drug-likeness (QED) is 0.344. The number of piperidine rings is 1. The van der Waals surface area contributed by atoms with Crippen LogP contribution in [0.2, 0.25) is 0 Å². The van der Waals surface area contributed by atoms with Crippen LogP contribution >= 0.6 is 0 Å². The molecule has 1 atom stereocenters. The van der Waals surface area contributed by atoms with Crippen molar-refractivity contribution in [3.05, 3.63) is 77.6 Å². The lowest BCUT2D eigenvalue weighted by Gasteiger charge is -2.33. The highest BCUT2D eigenvalue weighted by atomic mass is 19.4. The Labute approximate surface area is 228 Å². The number of carbonyl (C=O) groups is 2. The molecule has 0 bridgehead atoms. The number of nitrogens with zero attached hydrogens (tertiary/aromatic N) is 5. The first-order valence-corrected chi connectivity index (χ1v) is 12.7. The molecule has 0 saturated carbocycles. The third-order valence-electron chi connectivity index (χ3n) is 6.81. The third-order valence-corrected chi connectivity index (χ3v) is 6.81. The van der Waals surface area contributed by atoms with E-state index in [0.29, 0.717) is 18.1 Å². The minimum atomic E-state index is -4.55. The molecule has 1 saturated heterocycles. The van der Waals surface area contributed by atoms with Crippen LogP contribution in [0, 0.1) is 18.8 Å². The smallest absolute Gasteiger partial charge is 0.322 e. The minimum Gasteiger partial charge on any atom is -0.322 e. The van der Waals surface area contributed by atoms with Crippen molar-refractivity contribution in [2.75, 3.05) is 11.9 Å². The van der Waals surface area contributed by atoms with E-state index in [1.165, 1.54) is 0 Å². The number of hydrogen-bond donors (Lipinski definition) is 1. The first kappa shape index (κ1) is 26.9. The summed E-state index contributed by atoms with van der Waals surface area (Å²) in [4.78, 5) is 40.5. The first-order chi connectivity index (χ1) is 19.2. The van der Waals surface area contributed by atoms with Gasteiger partial charge in [-0.1, -0.05) is 18.1 Å². The van der Waals surface area contributed by atoms with Crippen LogP contribution in [0.4, 0.5) is 19.0 Å². The lowest BCUT2D eigenvalue weighted by Crippen LogP contribution is -2.38. The summed E-state index contributed by atoms with van der Waals surface area (Å²) < 4.78 is 41.0. The van der Waals surface area contributed by atoms with E-state index in [2.05, 4.69) is 27.1 Å². The summed E-state index contributed by atoms with van der Waals surface area (Å²) >= 11 is 0. The Kier molecular flexibility index (Phi) is 7.26. The van der Waals surface area contributed by atoms with Crippen molar-refractivity contribution in [2.24, 2.45) is 0 Å². The number of alkyl halides is 3. The SMILES string of the molecule is CC#CC(=O)N1CCCCC1c1nc(-c2ccc(C(=O)Nc3cc(C(F)(F)F)ccn3)cc2)c2c(C)nccn12. The summed E-state index contributed by atoms with van der Waals surface area (Å²) in [5.41, 5.74) is 2.23. The number of nitrogens with one attached hydrogen (secondary N) is 1. The zero-order chi connectivity index (χ0) is 28.4. The summed E-state index contributed by atoms with van der Waals surface area (Å²) in [6.45, 7) is 4.10. The summed E-state index contributed by atoms with van der Waals surface area (Å²) in [6.07, 6.45) is 2.55. The highest BCUT2D eigenvalue weighted by Crippen LogP contribution is 2.35. The lowest BCUT2D eigenvalue weighted by atomic mass is 10.0. The van der Waals surface area contributed by atoms with E-state index < -0.39 is 17.6 Å². The van der Waals surface area contributed by atoms with Gasteiger partial charge in [-0.3, -0.25) is 19.0 Å². The molecule has 5 rings (SSSR count). The molecule has 1 aliphatic rings. The van der Waals surface area contributed by atoms with Crippen LogP contribution in [0.3, 0.4) is 0 Å². The minimum absolute atomic E-state index is 0.199. The van der Waals surface area contributed by atoms with Crippen LogP contribution in [0.5, 0.6) is 0 Å². The van der Waals surface area contributed by atoms with Gasteiger partial charge in [0, 0.05) is 36.3 Å². The van der Waals surface area contributed by atoms with Crippen LogP contribution in [-0.2, 0) is 11.0 Å². The van der Waals surface area contributed by atoms with Gasteiger partial charge < -0.3 is 10.2 Å². The number of aryl methyl sites for hydroxylation is 1. The van der Waals surface area contributed by atoms with Crippen molar-refractivity contribution in [1.29, 1.82) is 0 Å². The van der Waals surface area contributed by atoms with E-state index in [-0.39, 0.29) is 23.3 Å². The van der Waals surface area contributed by atoms with Gasteiger partial charge in [0.15, 0.2) is 0 Å². The Morgan fingerprint density at radius 1 is 1.07 bits per heavy atom. The van der Waals surface area contributed by atoms with Gasteiger partial charge in [-0.15, -0.1) is 0 Å². The predicted octanol–water partition coefficient (Wildman–Crippen LogP) is 5.45. The molecule has 4 aromatic rings. The molecule has 3 aromatic heterocycles. The van der Waals surface area contributed by atoms with Crippen LogP contribution in [-0.4, -0.2) is 42.6 Å². The van der Waals surface area contributed by atoms with Gasteiger partial charge in [0.2, 0.25) is 0 Å². The fourth-order valence-electron chi connectivity index (χ4n) is 4.92. The van der Waals surface area contributed by atoms with E-state index in [1.807, 2.05) is 17.5 Å². The second kappa shape index (κ2) is 10.8. The number of hydrogen-bond acceptors (Lipinski definition) is 5. The lowest BCUT2D eigenvalue weighted by molar-refractivity contribution is -0.137. The number of imidazole rings is 1. The zero-order valence-electron chi connectivity index (χ0n) is 21.8. The van der Waals surface area contributed by atoms with E-state index in [0.717, 1.165) is 54.4 Å². The van der Waals surface area contributed by atoms with Gasteiger partial charge in [-0.25, -0.2) is 9.97 Å². The number of aromatic nitrogens is 4. The first-order valence-electron chi connectivity index (χ1n) is 12.7. The molecule has 1 unspecified atom stereocenters. The molecule has 8 nitrogen and oxygen atoms in total. The second-order valence-corrected chi connectivity index (χ2v) is 9.39. The van der Waals surface area contributed by atoms with Crippen molar-refractivity contribution in [3.8, 4) is 23.1 Å². The molecule has 11 heteroatoms. The van der Waals surface area contributed by atoms with Gasteiger partial charge in [-0.2, -0.15) is 13.2 Å². The van der Waals surface area contributed by atoms with Gasteiger partial charge >= 0.3 is 6.18 Å². The summed E-state index contributed by atoms with van der Waals surface area (Å²) in [7, 11) is 0. The Morgan fingerprint density at radius 2 is 1.85 bits per heavy atom. The number of likely N-dealkylation sites (tertiary alicyclic amines) is 1. The van der Waals surface area contributed by atoms with Gasteiger partial charge in [0.25, 0.3) is 11.8 Å². The third kappa shape index (κ3) is 5.25. The van der Waals surface area contributed by atoms with Crippen molar-refractivity contribution in [3.63, 3.8) is 0 Å². The maximum absolute atomic E-state index is 13.0. The van der Waals surface area contributed by atoms with Gasteiger partial charge in [0.05, 0.1) is 28.5 Å². The Bertz CT molecular complexity index is 1650. The maximum atomic E-state index is 13.0. The summed E-state index contributed by atoms with van der Waals surface area (Å²) in [5.74, 6) is 5.01. The van der Waals surface area contributed by atoms with E-state index >= 15 is 0 Å². The van der Waals surface area contributed by atoms with Crippen molar-refractivity contribution in [2.45, 2.75) is 45.3 Å². The topological polar surface area (TPSA) is 92.5 Å². The molecule has 1 aromatic carbocycles. The number of fused-ring (bicyclic) bond motifs is 1. The number of amides is 2. The average Bonchev–Trinajstić information content (AvgIpc) is 3.34. The second-order valence-electron chi connectivity index (χ2n) is 9.39. The fraction of sp³-hybridized carbons (Fsp3) is 0.276. The maximum Gasteiger partial charge on any atom is 0.416 e. The number of pyridine rings is 1. The van der Waals surface area contributed by atoms with Crippen LogP contribution < -0.4 is 5.32 Å².